The second-order valence-corrected chi connectivity index (χ2v) is 2.87. The lowest BCUT2D eigenvalue weighted by Gasteiger charge is -2.23. The van der Waals surface area contributed by atoms with Gasteiger partial charge in [-0.05, 0) is 32.3 Å². The molecule has 0 aliphatic rings. The highest BCUT2D eigenvalue weighted by molar-refractivity contribution is 5.09. The Balaban J connectivity index is 4.46. The van der Waals surface area contributed by atoms with Crippen molar-refractivity contribution in [3.8, 4) is 0 Å². The molecule has 0 aliphatic heterocycles. The topological polar surface area (TPSA) is 29.3 Å². The Kier molecular flexibility index (Phi) is 5.60. The Morgan fingerprint density at radius 3 is 1.67 bits per heavy atom. The first-order valence-corrected chi connectivity index (χ1v) is 4.93. The van der Waals surface area contributed by atoms with Crippen molar-refractivity contribution in [2.24, 2.45) is 5.73 Å². The van der Waals surface area contributed by atoms with Crippen molar-refractivity contribution >= 4 is 0 Å². The number of allylic oxidation sites excluding steroid dienone is 1. The fraction of sp³-hybridized carbons (Fsp3) is 0.800. The van der Waals surface area contributed by atoms with Crippen LogP contribution >= 0.6 is 0 Å². The third-order valence-electron chi connectivity index (χ3n) is 2.32. The van der Waals surface area contributed by atoms with Gasteiger partial charge in [0.25, 0.3) is 0 Å². The zero-order valence-corrected chi connectivity index (χ0v) is 8.85. The summed E-state index contributed by atoms with van der Waals surface area (Å²) in [5, 5.41) is 0. The molecule has 0 radical (unpaired) electrons. The summed E-state index contributed by atoms with van der Waals surface area (Å²) in [5.74, 6) is 0.991. The van der Waals surface area contributed by atoms with Crippen LogP contribution in [0.3, 0.4) is 0 Å². The van der Waals surface area contributed by atoms with Crippen molar-refractivity contribution in [3.05, 3.63) is 11.4 Å². The highest BCUT2D eigenvalue weighted by atomic mass is 15.2. The van der Waals surface area contributed by atoms with E-state index in [0.717, 1.165) is 31.8 Å². The third kappa shape index (κ3) is 2.76. The molecule has 2 nitrogen and oxygen atoms in total. The number of nitrogens with zero attached hydrogens (tertiary/aromatic N) is 1. The zero-order chi connectivity index (χ0) is 9.56. The summed E-state index contributed by atoms with van der Waals surface area (Å²) in [6, 6.07) is 0. The van der Waals surface area contributed by atoms with Gasteiger partial charge in [-0.3, -0.25) is 0 Å². The molecule has 0 spiro atoms. The summed E-state index contributed by atoms with van der Waals surface area (Å²) < 4.78 is 0. The smallest absolute Gasteiger partial charge is 0.0977 e. The van der Waals surface area contributed by atoms with Crippen LogP contribution in [0.2, 0.25) is 0 Å². The summed E-state index contributed by atoms with van der Waals surface area (Å²) >= 11 is 0. The van der Waals surface area contributed by atoms with E-state index < -0.39 is 0 Å². The van der Waals surface area contributed by atoms with Gasteiger partial charge in [0, 0.05) is 13.1 Å². The summed E-state index contributed by atoms with van der Waals surface area (Å²) in [7, 11) is 0. The van der Waals surface area contributed by atoms with Gasteiger partial charge in [0.05, 0.1) is 5.82 Å². The van der Waals surface area contributed by atoms with Crippen LogP contribution in [0.5, 0.6) is 0 Å². The van der Waals surface area contributed by atoms with Crippen molar-refractivity contribution in [2.75, 3.05) is 13.1 Å². The molecule has 0 amide bonds. The SMILES string of the molecule is CCC(CC)=C(N)N(CC)CC. The van der Waals surface area contributed by atoms with Crippen LogP contribution in [0.4, 0.5) is 0 Å². The molecule has 12 heavy (non-hydrogen) atoms. The summed E-state index contributed by atoms with van der Waals surface area (Å²) in [6.07, 6.45) is 2.14. The third-order valence-corrected chi connectivity index (χ3v) is 2.32. The number of hydrogen-bond donors (Lipinski definition) is 1. The Morgan fingerprint density at radius 1 is 1.00 bits per heavy atom. The average molecular weight is 170 g/mol. The summed E-state index contributed by atoms with van der Waals surface area (Å²) in [6.45, 7) is 10.6. The summed E-state index contributed by atoms with van der Waals surface area (Å²) in [4.78, 5) is 2.21. The molecule has 72 valence electrons. The standard InChI is InChI=1S/C10H22N2/c1-5-9(6-2)10(11)12(7-3)8-4/h5-8,11H2,1-4H3. The van der Waals surface area contributed by atoms with Gasteiger partial charge in [-0.15, -0.1) is 0 Å². The first-order valence-electron chi connectivity index (χ1n) is 4.93. The van der Waals surface area contributed by atoms with Gasteiger partial charge in [0.15, 0.2) is 0 Å². The lowest BCUT2D eigenvalue weighted by atomic mass is 10.1. The van der Waals surface area contributed by atoms with E-state index in [4.69, 9.17) is 5.73 Å². The molecule has 2 heteroatoms. The maximum atomic E-state index is 6.01. The first-order chi connectivity index (χ1) is 5.71. The molecule has 0 atom stereocenters. The lowest BCUT2D eigenvalue weighted by Crippen LogP contribution is -2.28. The van der Waals surface area contributed by atoms with Crippen LogP contribution in [0.25, 0.3) is 0 Å². The molecular formula is C10H22N2. The zero-order valence-electron chi connectivity index (χ0n) is 8.85. The van der Waals surface area contributed by atoms with Gasteiger partial charge in [0.2, 0.25) is 0 Å². The number of rotatable bonds is 5. The van der Waals surface area contributed by atoms with Gasteiger partial charge in [-0.1, -0.05) is 13.8 Å². The highest BCUT2D eigenvalue weighted by Gasteiger charge is 2.04. The van der Waals surface area contributed by atoms with Crippen molar-refractivity contribution in [2.45, 2.75) is 40.5 Å². The average Bonchev–Trinajstić information content (AvgIpc) is 2.09. The van der Waals surface area contributed by atoms with Crippen LogP contribution in [0, 0.1) is 0 Å². The number of nitrogens with two attached hydrogens (primary N) is 1. The number of hydrogen-bond acceptors (Lipinski definition) is 2. The fourth-order valence-corrected chi connectivity index (χ4v) is 1.40. The highest BCUT2D eigenvalue weighted by Crippen LogP contribution is 2.11. The second kappa shape index (κ2) is 5.92. The van der Waals surface area contributed by atoms with E-state index in [1.54, 1.807) is 0 Å². The second-order valence-electron chi connectivity index (χ2n) is 2.87. The normalized spacial score (nSPS) is 9.67. The molecular weight excluding hydrogens is 148 g/mol. The largest absolute Gasteiger partial charge is 0.385 e. The molecule has 0 aromatic heterocycles. The van der Waals surface area contributed by atoms with Gasteiger partial charge < -0.3 is 10.6 Å². The molecule has 0 saturated heterocycles. The minimum Gasteiger partial charge on any atom is -0.385 e. The molecule has 0 saturated carbocycles. The molecule has 0 rings (SSSR count). The van der Waals surface area contributed by atoms with Gasteiger partial charge in [0.1, 0.15) is 0 Å². The van der Waals surface area contributed by atoms with Crippen molar-refractivity contribution in [1.29, 1.82) is 0 Å². The fourth-order valence-electron chi connectivity index (χ4n) is 1.40. The van der Waals surface area contributed by atoms with Crippen molar-refractivity contribution in [3.63, 3.8) is 0 Å². The van der Waals surface area contributed by atoms with Crippen LogP contribution in [-0.2, 0) is 0 Å². The quantitative estimate of drug-likeness (QED) is 0.686. The molecule has 0 heterocycles. The van der Waals surface area contributed by atoms with Crippen LogP contribution < -0.4 is 5.73 Å². The molecule has 0 aromatic carbocycles. The van der Waals surface area contributed by atoms with Gasteiger partial charge >= 0.3 is 0 Å². The van der Waals surface area contributed by atoms with E-state index in [1.165, 1.54) is 5.57 Å². The van der Waals surface area contributed by atoms with Crippen LogP contribution in [-0.4, -0.2) is 18.0 Å². The van der Waals surface area contributed by atoms with E-state index in [1.807, 2.05) is 0 Å². The summed E-state index contributed by atoms with van der Waals surface area (Å²) in [5.41, 5.74) is 7.38. The van der Waals surface area contributed by atoms with E-state index in [9.17, 15) is 0 Å². The van der Waals surface area contributed by atoms with E-state index in [2.05, 4.69) is 32.6 Å². The predicted octanol–water partition coefficient (Wildman–Crippen LogP) is 2.32. The molecule has 2 N–H and O–H groups in total. The lowest BCUT2D eigenvalue weighted by molar-refractivity contribution is 0.371. The van der Waals surface area contributed by atoms with Gasteiger partial charge in [-0.2, -0.15) is 0 Å². The molecule has 0 bridgehead atoms. The Bertz CT molecular complexity index is 140. The van der Waals surface area contributed by atoms with E-state index in [0.29, 0.717) is 0 Å². The van der Waals surface area contributed by atoms with Crippen LogP contribution in [0.1, 0.15) is 40.5 Å². The molecule has 0 fully saturated rings. The maximum Gasteiger partial charge on any atom is 0.0977 e. The van der Waals surface area contributed by atoms with Crippen LogP contribution in [0.15, 0.2) is 11.4 Å². The Morgan fingerprint density at radius 2 is 1.42 bits per heavy atom. The van der Waals surface area contributed by atoms with E-state index >= 15 is 0 Å². The van der Waals surface area contributed by atoms with E-state index in [-0.39, 0.29) is 0 Å². The molecule has 0 aromatic rings. The maximum absolute atomic E-state index is 6.01. The molecule has 0 aliphatic carbocycles. The van der Waals surface area contributed by atoms with Crippen molar-refractivity contribution in [1.82, 2.24) is 4.90 Å². The molecule has 0 unspecified atom stereocenters. The Hall–Kier alpha value is -0.660. The minimum absolute atomic E-state index is 0.991. The predicted molar refractivity (Wildman–Crippen MR) is 54.7 cm³/mol. The first kappa shape index (κ1) is 11.3. The monoisotopic (exact) mass is 170 g/mol. The minimum atomic E-state index is 0.991. The van der Waals surface area contributed by atoms with Gasteiger partial charge in [-0.25, -0.2) is 0 Å². The van der Waals surface area contributed by atoms with Crippen molar-refractivity contribution < 1.29 is 0 Å². The Labute approximate surface area is 76.4 Å².